The van der Waals surface area contributed by atoms with Gasteiger partial charge in [0.15, 0.2) is 18.1 Å². The fourth-order valence-electron chi connectivity index (χ4n) is 2.47. The molecule has 0 fully saturated rings. The van der Waals surface area contributed by atoms with E-state index in [0.717, 1.165) is 10.0 Å². The van der Waals surface area contributed by atoms with Gasteiger partial charge in [0, 0.05) is 4.47 Å². The smallest absolute Gasteiger partial charge is 0.343 e. The maximum atomic E-state index is 12.1. The van der Waals surface area contributed by atoms with Crippen molar-refractivity contribution in [1.82, 2.24) is 5.43 Å². The summed E-state index contributed by atoms with van der Waals surface area (Å²) in [4.78, 5) is 24.0. The van der Waals surface area contributed by atoms with E-state index in [1.165, 1.54) is 13.3 Å². The second kappa shape index (κ2) is 10.9. The van der Waals surface area contributed by atoms with Gasteiger partial charge in [0.05, 0.1) is 18.9 Å². The number of halogens is 1. The number of nitrogens with one attached hydrogen (secondary N) is 1. The highest BCUT2D eigenvalue weighted by atomic mass is 79.9. The number of para-hydroxylation sites is 2. The topological polar surface area (TPSA) is 86.2 Å². The Morgan fingerprint density at radius 2 is 1.65 bits per heavy atom. The second-order valence-corrected chi connectivity index (χ2v) is 7.11. The van der Waals surface area contributed by atoms with Crippen LogP contribution in [0.5, 0.6) is 17.2 Å². The summed E-state index contributed by atoms with van der Waals surface area (Å²) in [5.74, 6) is 0.551. The highest BCUT2D eigenvalue weighted by Gasteiger charge is 2.08. The van der Waals surface area contributed by atoms with Gasteiger partial charge in [0.2, 0.25) is 0 Å². The molecule has 0 aliphatic rings. The van der Waals surface area contributed by atoms with Crippen LogP contribution in [0, 0.1) is 0 Å². The van der Waals surface area contributed by atoms with Crippen molar-refractivity contribution in [2.45, 2.75) is 0 Å². The number of carbonyl (C=O) groups is 2. The standard InChI is InChI=1S/C23H19BrN2O5/c1-29-20-4-2-3-5-21(20)30-15-22(27)26-25-14-16-6-12-19(13-7-16)31-23(28)17-8-10-18(24)11-9-17/h2-14H,15H2,1H3,(H,26,27)/b25-14-. The van der Waals surface area contributed by atoms with Crippen molar-refractivity contribution in [2.75, 3.05) is 13.7 Å². The molecule has 0 heterocycles. The Morgan fingerprint density at radius 1 is 0.968 bits per heavy atom. The van der Waals surface area contributed by atoms with E-state index in [1.807, 2.05) is 6.07 Å². The molecule has 3 aromatic carbocycles. The minimum absolute atomic E-state index is 0.206. The van der Waals surface area contributed by atoms with Crippen LogP contribution in [0.2, 0.25) is 0 Å². The summed E-state index contributed by atoms with van der Waals surface area (Å²) in [5.41, 5.74) is 3.56. The number of ether oxygens (including phenoxy) is 3. The maximum absolute atomic E-state index is 12.1. The van der Waals surface area contributed by atoms with Crippen molar-refractivity contribution in [3.8, 4) is 17.2 Å². The number of hydrogen-bond donors (Lipinski definition) is 1. The van der Waals surface area contributed by atoms with Crippen LogP contribution >= 0.6 is 15.9 Å². The van der Waals surface area contributed by atoms with E-state index in [2.05, 4.69) is 26.5 Å². The molecule has 3 rings (SSSR count). The third kappa shape index (κ3) is 6.68. The molecule has 8 heteroatoms. The van der Waals surface area contributed by atoms with Crippen LogP contribution < -0.4 is 19.6 Å². The highest BCUT2D eigenvalue weighted by Crippen LogP contribution is 2.25. The Morgan fingerprint density at radius 3 is 2.32 bits per heavy atom. The van der Waals surface area contributed by atoms with Gasteiger partial charge in [-0.15, -0.1) is 0 Å². The fraction of sp³-hybridized carbons (Fsp3) is 0.0870. The Balaban J connectivity index is 1.47. The van der Waals surface area contributed by atoms with Gasteiger partial charge in [-0.3, -0.25) is 4.79 Å². The summed E-state index contributed by atoms with van der Waals surface area (Å²) in [5, 5.41) is 3.89. The predicted molar refractivity (Wildman–Crippen MR) is 120 cm³/mol. The Labute approximate surface area is 187 Å². The average Bonchev–Trinajstić information content (AvgIpc) is 2.79. The van der Waals surface area contributed by atoms with Crippen LogP contribution in [0.25, 0.3) is 0 Å². The lowest BCUT2D eigenvalue weighted by atomic mass is 10.2. The molecule has 158 valence electrons. The molecule has 0 spiro atoms. The number of methoxy groups -OCH3 is 1. The van der Waals surface area contributed by atoms with Crippen LogP contribution in [0.4, 0.5) is 0 Å². The molecule has 0 aliphatic heterocycles. The maximum Gasteiger partial charge on any atom is 0.343 e. The summed E-state index contributed by atoms with van der Waals surface area (Å²) in [6, 6.07) is 20.6. The number of benzene rings is 3. The van der Waals surface area contributed by atoms with Crippen molar-refractivity contribution >= 4 is 34.0 Å². The zero-order valence-corrected chi connectivity index (χ0v) is 18.2. The first-order chi connectivity index (χ1) is 15.0. The zero-order valence-electron chi connectivity index (χ0n) is 16.6. The van der Waals surface area contributed by atoms with E-state index in [-0.39, 0.29) is 6.61 Å². The van der Waals surface area contributed by atoms with Gasteiger partial charge < -0.3 is 14.2 Å². The Hall–Kier alpha value is -3.65. The molecular formula is C23H19BrN2O5. The van der Waals surface area contributed by atoms with Crippen molar-refractivity contribution in [3.05, 3.63) is 88.4 Å². The summed E-state index contributed by atoms with van der Waals surface area (Å²) in [6.07, 6.45) is 1.47. The van der Waals surface area contributed by atoms with Crippen molar-refractivity contribution in [1.29, 1.82) is 0 Å². The van der Waals surface area contributed by atoms with Crippen molar-refractivity contribution in [2.24, 2.45) is 5.10 Å². The molecule has 0 bridgehead atoms. The molecule has 0 aliphatic carbocycles. The molecule has 31 heavy (non-hydrogen) atoms. The number of carbonyl (C=O) groups excluding carboxylic acids is 2. The van der Waals surface area contributed by atoms with Gasteiger partial charge in [-0.05, 0) is 66.2 Å². The van der Waals surface area contributed by atoms with E-state index in [4.69, 9.17) is 14.2 Å². The van der Waals surface area contributed by atoms with Gasteiger partial charge >= 0.3 is 5.97 Å². The van der Waals surface area contributed by atoms with Crippen LogP contribution in [-0.2, 0) is 4.79 Å². The molecule has 0 saturated carbocycles. The van der Waals surface area contributed by atoms with E-state index in [0.29, 0.717) is 22.8 Å². The third-order valence-corrected chi connectivity index (χ3v) is 4.53. The van der Waals surface area contributed by atoms with Gasteiger partial charge in [-0.2, -0.15) is 5.10 Å². The molecule has 1 amide bonds. The fourth-order valence-corrected chi connectivity index (χ4v) is 2.73. The number of rotatable bonds is 8. The quantitative estimate of drug-likeness (QED) is 0.225. The van der Waals surface area contributed by atoms with Crippen LogP contribution in [-0.4, -0.2) is 31.8 Å². The number of hydrogen-bond acceptors (Lipinski definition) is 6. The summed E-state index contributed by atoms with van der Waals surface area (Å²) >= 11 is 3.32. The van der Waals surface area contributed by atoms with Gasteiger partial charge in [-0.1, -0.05) is 28.1 Å². The minimum atomic E-state index is -0.448. The molecule has 0 aromatic heterocycles. The first-order valence-corrected chi connectivity index (χ1v) is 10.00. The summed E-state index contributed by atoms with van der Waals surface area (Å²) in [6.45, 7) is -0.206. The predicted octanol–water partition coefficient (Wildman–Crippen LogP) is 4.21. The number of esters is 1. The summed E-state index contributed by atoms with van der Waals surface area (Å²) < 4.78 is 16.8. The van der Waals surface area contributed by atoms with E-state index in [9.17, 15) is 9.59 Å². The number of amides is 1. The van der Waals surface area contributed by atoms with E-state index < -0.39 is 11.9 Å². The molecule has 0 atom stereocenters. The molecule has 3 aromatic rings. The Bertz CT molecular complexity index is 1070. The molecule has 0 unspecified atom stereocenters. The first-order valence-electron chi connectivity index (χ1n) is 9.20. The minimum Gasteiger partial charge on any atom is -0.493 e. The molecule has 1 N–H and O–H groups in total. The lowest BCUT2D eigenvalue weighted by Crippen LogP contribution is -2.24. The summed E-state index contributed by atoms with van der Waals surface area (Å²) in [7, 11) is 1.53. The number of nitrogens with zero attached hydrogens (tertiary/aromatic N) is 1. The second-order valence-electron chi connectivity index (χ2n) is 6.20. The average molecular weight is 483 g/mol. The van der Waals surface area contributed by atoms with Gasteiger partial charge in [-0.25, -0.2) is 10.2 Å². The monoisotopic (exact) mass is 482 g/mol. The van der Waals surface area contributed by atoms with E-state index in [1.54, 1.807) is 66.7 Å². The SMILES string of the molecule is COc1ccccc1OCC(=O)N/N=C\c1ccc(OC(=O)c2ccc(Br)cc2)cc1. The van der Waals surface area contributed by atoms with Gasteiger partial charge in [0.1, 0.15) is 5.75 Å². The normalized spacial score (nSPS) is 10.5. The van der Waals surface area contributed by atoms with Crippen LogP contribution in [0.3, 0.4) is 0 Å². The van der Waals surface area contributed by atoms with Crippen LogP contribution in [0.15, 0.2) is 82.4 Å². The van der Waals surface area contributed by atoms with E-state index >= 15 is 0 Å². The highest BCUT2D eigenvalue weighted by molar-refractivity contribution is 9.10. The number of hydrazone groups is 1. The lowest BCUT2D eigenvalue weighted by Gasteiger charge is -2.09. The molecule has 0 saturated heterocycles. The largest absolute Gasteiger partial charge is 0.493 e. The first kappa shape index (κ1) is 22.0. The van der Waals surface area contributed by atoms with Gasteiger partial charge in [0.25, 0.3) is 5.91 Å². The Kier molecular flexibility index (Phi) is 7.78. The van der Waals surface area contributed by atoms with Crippen LogP contribution in [0.1, 0.15) is 15.9 Å². The molecule has 7 nitrogen and oxygen atoms in total. The third-order valence-electron chi connectivity index (χ3n) is 4.00. The zero-order chi connectivity index (χ0) is 22.1. The lowest BCUT2D eigenvalue weighted by molar-refractivity contribution is -0.123. The van der Waals surface area contributed by atoms with Crippen molar-refractivity contribution < 1.29 is 23.8 Å². The van der Waals surface area contributed by atoms with Crippen molar-refractivity contribution in [3.63, 3.8) is 0 Å². The molecule has 0 radical (unpaired) electrons. The molecular weight excluding hydrogens is 464 g/mol.